The highest BCUT2D eigenvalue weighted by atomic mass is 16.5. The molecule has 1 aromatic rings. The zero-order valence-electron chi connectivity index (χ0n) is 10.3. The third-order valence-electron chi connectivity index (χ3n) is 3.26. The van der Waals surface area contributed by atoms with Gasteiger partial charge < -0.3 is 10.5 Å². The summed E-state index contributed by atoms with van der Waals surface area (Å²) in [6.45, 7) is 3.52. The van der Waals surface area contributed by atoms with Crippen molar-refractivity contribution in [2.75, 3.05) is 19.8 Å². The van der Waals surface area contributed by atoms with E-state index in [1.807, 2.05) is 4.68 Å². The Morgan fingerprint density at radius 1 is 1.35 bits per heavy atom. The van der Waals surface area contributed by atoms with E-state index in [0.717, 1.165) is 64.1 Å². The summed E-state index contributed by atoms with van der Waals surface area (Å²) in [6, 6.07) is 0. The summed E-state index contributed by atoms with van der Waals surface area (Å²) in [5.41, 5.74) is 6.56. The monoisotopic (exact) mass is 238 g/mol. The fraction of sp³-hybridized carbons (Fsp3) is 0.833. The third-order valence-corrected chi connectivity index (χ3v) is 3.26. The van der Waals surface area contributed by atoms with Crippen molar-refractivity contribution in [3.05, 3.63) is 11.9 Å². The van der Waals surface area contributed by atoms with Gasteiger partial charge in [0.1, 0.15) is 0 Å². The topological polar surface area (TPSA) is 66.0 Å². The minimum atomic E-state index is 0.697. The molecule has 5 nitrogen and oxygen atoms in total. The van der Waals surface area contributed by atoms with Crippen LogP contribution in [0.15, 0.2) is 6.20 Å². The summed E-state index contributed by atoms with van der Waals surface area (Å²) in [5.74, 6) is 0.697. The Labute approximate surface area is 102 Å². The SMILES string of the molecule is NCCCCc1cn(CC2CCOCC2)nn1. The zero-order chi connectivity index (χ0) is 11.9. The maximum atomic E-state index is 5.47. The molecule has 0 amide bonds. The van der Waals surface area contributed by atoms with Gasteiger partial charge in [-0.25, -0.2) is 0 Å². The molecule has 0 unspecified atom stereocenters. The van der Waals surface area contributed by atoms with E-state index < -0.39 is 0 Å². The molecule has 96 valence electrons. The predicted octanol–water partition coefficient (Wildman–Crippen LogP) is 0.986. The summed E-state index contributed by atoms with van der Waals surface area (Å²) >= 11 is 0. The van der Waals surface area contributed by atoms with Crippen molar-refractivity contribution in [2.45, 2.75) is 38.6 Å². The molecule has 1 aliphatic heterocycles. The van der Waals surface area contributed by atoms with Crippen molar-refractivity contribution in [3.8, 4) is 0 Å². The van der Waals surface area contributed by atoms with Crippen molar-refractivity contribution < 1.29 is 4.74 Å². The lowest BCUT2D eigenvalue weighted by atomic mass is 10.0. The molecule has 0 spiro atoms. The maximum absolute atomic E-state index is 5.47. The average molecular weight is 238 g/mol. The molecule has 1 aliphatic rings. The van der Waals surface area contributed by atoms with Crippen LogP contribution in [0.2, 0.25) is 0 Å². The lowest BCUT2D eigenvalue weighted by Crippen LogP contribution is -2.20. The van der Waals surface area contributed by atoms with Crippen molar-refractivity contribution in [3.63, 3.8) is 0 Å². The fourth-order valence-corrected chi connectivity index (χ4v) is 2.19. The van der Waals surface area contributed by atoms with Crippen molar-refractivity contribution in [1.82, 2.24) is 15.0 Å². The van der Waals surface area contributed by atoms with E-state index in [2.05, 4.69) is 16.5 Å². The molecule has 2 N–H and O–H groups in total. The second-order valence-electron chi connectivity index (χ2n) is 4.73. The Morgan fingerprint density at radius 2 is 2.18 bits per heavy atom. The Bertz CT molecular complexity index is 320. The van der Waals surface area contributed by atoms with E-state index >= 15 is 0 Å². The molecule has 2 heterocycles. The molecular formula is C12H22N4O. The van der Waals surface area contributed by atoms with Crippen molar-refractivity contribution in [2.24, 2.45) is 11.7 Å². The largest absolute Gasteiger partial charge is 0.381 e. The van der Waals surface area contributed by atoms with E-state index in [0.29, 0.717) is 5.92 Å². The highest BCUT2D eigenvalue weighted by Gasteiger charge is 2.14. The molecule has 1 fully saturated rings. The molecular weight excluding hydrogens is 216 g/mol. The molecule has 5 heteroatoms. The number of ether oxygens (including phenoxy) is 1. The Hall–Kier alpha value is -0.940. The number of nitrogens with two attached hydrogens (primary N) is 1. The van der Waals surface area contributed by atoms with E-state index in [1.165, 1.54) is 0 Å². The average Bonchev–Trinajstić information content (AvgIpc) is 2.79. The lowest BCUT2D eigenvalue weighted by molar-refractivity contribution is 0.0600. The number of rotatable bonds is 6. The molecule has 0 aromatic carbocycles. The van der Waals surface area contributed by atoms with Gasteiger partial charge in [-0.3, -0.25) is 4.68 Å². The van der Waals surface area contributed by atoms with Gasteiger partial charge in [-0.2, -0.15) is 0 Å². The highest BCUT2D eigenvalue weighted by Crippen LogP contribution is 2.16. The fourth-order valence-electron chi connectivity index (χ4n) is 2.19. The Kier molecular flexibility index (Phi) is 4.94. The third kappa shape index (κ3) is 4.09. The summed E-state index contributed by atoms with van der Waals surface area (Å²) in [7, 11) is 0. The van der Waals surface area contributed by atoms with Crippen LogP contribution in [0.4, 0.5) is 0 Å². The number of hydrogen-bond donors (Lipinski definition) is 1. The van der Waals surface area contributed by atoms with Crippen LogP contribution in [-0.4, -0.2) is 34.8 Å². The normalized spacial score (nSPS) is 17.5. The molecule has 0 aliphatic carbocycles. The number of unbranched alkanes of at least 4 members (excludes halogenated alkanes) is 1. The molecule has 2 rings (SSSR count). The first-order valence-electron chi connectivity index (χ1n) is 6.55. The second-order valence-corrected chi connectivity index (χ2v) is 4.73. The van der Waals surface area contributed by atoms with Crippen LogP contribution in [0.1, 0.15) is 31.4 Å². The Morgan fingerprint density at radius 3 is 2.94 bits per heavy atom. The first-order chi connectivity index (χ1) is 8.38. The van der Waals surface area contributed by atoms with Crippen molar-refractivity contribution >= 4 is 0 Å². The maximum Gasteiger partial charge on any atom is 0.0827 e. The molecule has 0 atom stereocenters. The van der Waals surface area contributed by atoms with Gasteiger partial charge in [0.15, 0.2) is 0 Å². The van der Waals surface area contributed by atoms with E-state index in [1.54, 1.807) is 0 Å². The quantitative estimate of drug-likeness (QED) is 0.750. The zero-order valence-corrected chi connectivity index (χ0v) is 10.3. The second kappa shape index (κ2) is 6.71. The van der Waals surface area contributed by atoms with Crippen LogP contribution < -0.4 is 5.73 Å². The Balaban J connectivity index is 1.76. The van der Waals surface area contributed by atoms with Crippen LogP contribution in [-0.2, 0) is 17.7 Å². The number of aromatic nitrogens is 3. The predicted molar refractivity (Wildman–Crippen MR) is 65.6 cm³/mol. The van der Waals surface area contributed by atoms with Crippen molar-refractivity contribution in [1.29, 1.82) is 0 Å². The smallest absolute Gasteiger partial charge is 0.0827 e. The number of hydrogen-bond acceptors (Lipinski definition) is 4. The number of aryl methyl sites for hydroxylation is 1. The minimum absolute atomic E-state index is 0.697. The summed E-state index contributed by atoms with van der Waals surface area (Å²) in [6.07, 6.45) is 7.51. The van der Waals surface area contributed by atoms with Gasteiger partial charge in [0.05, 0.1) is 5.69 Å². The molecule has 0 radical (unpaired) electrons. The first-order valence-corrected chi connectivity index (χ1v) is 6.55. The van der Waals surface area contributed by atoms with Gasteiger partial charge in [-0.1, -0.05) is 5.21 Å². The van der Waals surface area contributed by atoms with E-state index in [4.69, 9.17) is 10.5 Å². The van der Waals surface area contributed by atoms with Gasteiger partial charge in [0, 0.05) is 26.0 Å². The van der Waals surface area contributed by atoms with Gasteiger partial charge in [-0.15, -0.1) is 5.10 Å². The molecule has 1 saturated heterocycles. The van der Waals surface area contributed by atoms with E-state index in [-0.39, 0.29) is 0 Å². The van der Waals surface area contributed by atoms with Crippen LogP contribution in [0.25, 0.3) is 0 Å². The van der Waals surface area contributed by atoms with Gasteiger partial charge in [-0.05, 0) is 44.6 Å². The standard InChI is InChI=1S/C12H22N4O/c13-6-2-1-3-12-10-16(15-14-12)9-11-4-7-17-8-5-11/h10-11H,1-9,13H2. The van der Waals surface area contributed by atoms with Gasteiger partial charge >= 0.3 is 0 Å². The molecule has 17 heavy (non-hydrogen) atoms. The molecule has 1 aromatic heterocycles. The van der Waals surface area contributed by atoms with Crippen LogP contribution in [0.3, 0.4) is 0 Å². The molecule has 0 saturated carbocycles. The van der Waals surface area contributed by atoms with Gasteiger partial charge in [0.2, 0.25) is 0 Å². The number of nitrogens with zero attached hydrogens (tertiary/aromatic N) is 3. The summed E-state index contributed by atoms with van der Waals surface area (Å²) in [5, 5.41) is 8.38. The van der Waals surface area contributed by atoms with Crippen LogP contribution in [0.5, 0.6) is 0 Å². The summed E-state index contributed by atoms with van der Waals surface area (Å²) in [4.78, 5) is 0. The van der Waals surface area contributed by atoms with Crippen LogP contribution in [0, 0.1) is 5.92 Å². The van der Waals surface area contributed by atoms with E-state index in [9.17, 15) is 0 Å². The lowest BCUT2D eigenvalue weighted by Gasteiger charge is -2.21. The highest BCUT2D eigenvalue weighted by molar-refractivity contribution is 4.92. The molecule has 0 bridgehead atoms. The first kappa shape index (κ1) is 12.5. The minimum Gasteiger partial charge on any atom is -0.381 e. The van der Waals surface area contributed by atoms with Gasteiger partial charge in [0.25, 0.3) is 0 Å². The van der Waals surface area contributed by atoms with Crippen LogP contribution >= 0.6 is 0 Å². The summed E-state index contributed by atoms with van der Waals surface area (Å²) < 4.78 is 7.33.